The van der Waals surface area contributed by atoms with Crippen LogP contribution in [-0.2, 0) is 6.54 Å². The van der Waals surface area contributed by atoms with Crippen molar-refractivity contribution in [1.82, 2.24) is 4.98 Å². The lowest BCUT2D eigenvalue weighted by Gasteiger charge is -2.03. The quantitative estimate of drug-likeness (QED) is 0.659. The van der Waals surface area contributed by atoms with Crippen molar-refractivity contribution in [2.45, 2.75) is 6.54 Å². The Kier molecular flexibility index (Phi) is 4.14. The van der Waals surface area contributed by atoms with Crippen LogP contribution >= 0.6 is 27.3 Å². The third-order valence-corrected chi connectivity index (χ3v) is 4.36. The molecule has 2 heterocycles. The number of benzene rings is 1. The van der Waals surface area contributed by atoms with Gasteiger partial charge in [0.05, 0.1) is 11.9 Å². The molecule has 3 rings (SSSR count). The van der Waals surface area contributed by atoms with Gasteiger partial charge in [0.25, 0.3) is 0 Å². The maximum Gasteiger partial charge on any atom is 0.106 e. The first-order valence-electron chi connectivity index (χ1n) is 6.29. The molecule has 0 unspecified atom stereocenters. The summed E-state index contributed by atoms with van der Waals surface area (Å²) in [5.41, 5.74) is 3.57. The smallest absolute Gasteiger partial charge is 0.106 e. The molecule has 100 valence electrons. The summed E-state index contributed by atoms with van der Waals surface area (Å²) < 4.78 is 0.852. The van der Waals surface area contributed by atoms with Crippen molar-refractivity contribution in [3.05, 3.63) is 69.6 Å². The Labute approximate surface area is 130 Å². The average Bonchev–Trinajstić information content (AvgIpc) is 2.97. The first-order valence-corrected chi connectivity index (χ1v) is 7.97. The summed E-state index contributed by atoms with van der Waals surface area (Å²) in [4.78, 5) is 5.51. The molecule has 4 heteroatoms. The SMILES string of the molecule is Brc1ccc(NCc2cc(-c3ccccc3)cs2)cn1. The van der Waals surface area contributed by atoms with Gasteiger partial charge in [-0.3, -0.25) is 0 Å². The summed E-state index contributed by atoms with van der Waals surface area (Å²) in [5, 5.41) is 5.58. The molecule has 0 aliphatic heterocycles. The second kappa shape index (κ2) is 6.20. The van der Waals surface area contributed by atoms with Crippen molar-refractivity contribution in [3.63, 3.8) is 0 Å². The number of aromatic nitrogens is 1. The van der Waals surface area contributed by atoms with E-state index in [1.54, 1.807) is 11.3 Å². The predicted molar refractivity (Wildman–Crippen MR) is 89.0 cm³/mol. The molecular formula is C16H13BrN2S. The van der Waals surface area contributed by atoms with Gasteiger partial charge < -0.3 is 5.32 Å². The summed E-state index contributed by atoms with van der Waals surface area (Å²) in [7, 11) is 0. The minimum absolute atomic E-state index is 0.820. The lowest BCUT2D eigenvalue weighted by Crippen LogP contribution is -1.97. The van der Waals surface area contributed by atoms with Crippen molar-refractivity contribution >= 4 is 33.0 Å². The van der Waals surface area contributed by atoms with E-state index in [-0.39, 0.29) is 0 Å². The standard InChI is InChI=1S/C16H13BrN2S/c17-16-7-6-14(9-19-16)18-10-15-8-13(11-20-15)12-4-2-1-3-5-12/h1-9,11,18H,10H2. The minimum atomic E-state index is 0.820. The van der Waals surface area contributed by atoms with Crippen molar-refractivity contribution in [2.24, 2.45) is 0 Å². The maximum atomic E-state index is 4.20. The number of anilines is 1. The first-order chi connectivity index (χ1) is 9.81. The predicted octanol–water partition coefficient (Wildman–Crippen LogP) is 5.18. The zero-order valence-electron chi connectivity index (χ0n) is 10.7. The van der Waals surface area contributed by atoms with E-state index >= 15 is 0 Å². The highest BCUT2D eigenvalue weighted by Crippen LogP contribution is 2.26. The molecule has 20 heavy (non-hydrogen) atoms. The Bertz CT molecular complexity index is 677. The van der Waals surface area contributed by atoms with E-state index in [4.69, 9.17) is 0 Å². The minimum Gasteiger partial charge on any atom is -0.379 e. The fourth-order valence-corrected chi connectivity index (χ4v) is 2.99. The van der Waals surface area contributed by atoms with Crippen molar-refractivity contribution < 1.29 is 0 Å². The molecule has 1 aromatic carbocycles. The van der Waals surface area contributed by atoms with Gasteiger partial charge in [-0.1, -0.05) is 30.3 Å². The normalized spacial score (nSPS) is 10.4. The van der Waals surface area contributed by atoms with Crippen LogP contribution in [-0.4, -0.2) is 4.98 Å². The molecule has 0 bridgehead atoms. The van der Waals surface area contributed by atoms with Gasteiger partial charge in [0.2, 0.25) is 0 Å². The fraction of sp³-hybridized carbons (Fsp3) is 0.0625. The lowest BCUT2D eigenvalue weighted by molar-refractivity contribution is 1.17. The Morgan fingerprint density at radius 3 is 2.65 bits per heavy atom. The van der Waals surface area contributed by atoms with E-state index in [1.807, 2.05) is 24.4 Å². The van der Waals surface area contributed by atoms with Gasteiger partial charge in [-0.25, -0.2) is 4.98 Å². The van der Waals surface area contributed by atoms with E-state index in [2.05, 4.69) is 61.9 Å². The molecular weight excluding hydrogens is 332 g/mol. The van der Waals surface area contributed by atoms with E-state index in [0.717, 1.165) is 16.8 Å². The zero-order valence-corrected chi connectivity index (χ0v) is 13.1. The van der Waals surface area contributed by atoms with E-state index in [1.165, 1.54) is 16.0 Å². The van der Waals surface area contributed by atoms with Gasteiger partial charge in [-0.05, 0) is 50.6 Å². The van der Waals surface area contributed by atoms with E-state index in [9.17, 15) is 0 Å². The molecule has 0 fully saturated rings. The lowest BCUT2D eigenvalue weighted by atomic mass is 10.1. The van der Waals surface area contributed by atoms with E-state index < -0.39 is 0 Å². The topological polar surface area (TPSA) is 24.9 Å². The van der Waals surface area contributed by atoms with Crippen LogP contribution < -0.4 is 5.32 Å². The Hall–Kier alpha value is -1.65. The van der Waals surface area contributed by atoms with Gasteiger partial charge in [-0.15, -0.1) is 11.3 Å². The summed E-state index contributed by atoms with van der Waals surface area (Å²) in [5.74, 6) is 0. The van der Waals surface area contributed by atoms with Crippen LogP contribution in [0.3, 0.4) is 0 Å². The summed E-state index contributed by atoms with van der Waals surface area (Å²) in [6.45, 7) is 0.820. The van der Waals surface area contributed by atoms with Crippen LogP contribution in [0.5, 0.6) is 0 Å². The van der Waals surface area contributed by atoms with Gasteiger partial charge >= 0.3 is 0 Å². The van der Waals surface area contributed by atoms with Crippen molar-refractivity contribution in [3.8, 4) is 11.1 Å². The average molecular weight is 345 g/mol. The molecule has 2 nitrogen and oxygen atoms in total. The largest absolute Gasteiger partial charge is 0.379 e. The molecule has 1 N–H and O–H groups in total. The highest BCUT2D eigenvalue weighted by atomic mass is 79.9. The van der Waals surface area contributed by atoms with Crippen molar-refractivity contribution in [1.29, 1.82) is 0 Å². The van der Waals surface area contributed by atoms with Crippen LogP contribution in [0.25, 0.3) is 11.1 Å². The summed E-state index contributed by atoms with van der Waals surface area (Å²) >= 11 is 5.11. The van der Waals surface area contributed by atoms with Gasteiger partial charge in [-0.2, -0.15) is 0 Å². The molecule has 0 aliphatic rings. The number of nitrogens with zero attached hydrogens (tertiary/aromatic N) is 1. The third-order valence-electron chi connectivity index (χ3n) is 2.96. The highest BCUT2D eigenvalue weighted by molar-refractivity contribution is 9.10. The number of rotatable bonds is 4. The number of pyridine rings is 1. The Morgan fingerprint density at radius 1 is 1.05 bits per heavy atom. The molecule has 0 aliphatic carbocycles. The highest BCUT2D eigenvalue weighted by Gasteiger charge is 2.02. The molecule has 0 radical (unpaired) electrons. The second-order valence-corrected chi connectivity index (χ2v) is 6.20. The van der Waals surface area contributed by atoms with Crippen LogP contribution in [0.4, 0.5) is 5.69 Å². The van der Waals surface area contributed by atoms with Crippen LogP contribution in [0.1, 0.15) is 4.88 Å². The number of hydrogen-bond donors (Lipinski definition) is 1. The maximum absolute atomic E-state index is 4.20. The number of nitrogens with one attached hydrogen (secondary N) is 1. The molecule has 0 amide bonds. The van der Waals surface area contributed by atoms with Crippen LogP contribution in [0.15, 0.2) is 64.7 Å². The van der Waals surface area contributed by atoms with Gasteiger partial charge in [0.1, 0.15) is 4.60 Å². The van der Waals surface area contributed by atoms with Gasteiger partial charge in [0.15, 0.2) is 0 Å². The molecule has 3 aromatic rings. The number of halogens is 1. The number of thiophene rings is 1. The fourth-order valence-electron chi connectivity index (χ4n) is 1.92. The van der Waals surface area contributed by atoms with E-state index in [0.29, 0.717) is 0 Å². The molecule has 0 atom stereocenters. The van der Waals surface area contributed by atoms with Gasteiger partial charge in [0, 0.05) is 11.4 Å². The number of hydrogen-bond acceptors (Lipinski definition) is 3. The monoisotopic (exact) mass is 344 g/mol. The Morgan fingerprint density at radius 2 is 1.90 bits per heavy atom. The summed E-state index contributed by atoms with van der Waals surface area (Å²) in [6, 6.07) is 16.6. The van der Waals surface area contributed by atoms with Crippen molar-refractivity contribution in [2.75, 3.05) is 5.32 Å². The zero-order chi connectivity index (χ0) is 13.8. The molecule has 0 saturated carbocycles. The third kappa shape index (κ3) is 3.26. The molecule has 2 aromatic heterocycles. The summed E-state index contributed by atoms with van der Waals surface area (Å²) in [6.07, 6.45) is 1.83. The molecule has 0 saturated heterocycles. The second-order valence-electron chi connectivity index (χ2n) is 4.39. The molecule has 0 spiro atoms. The van der Waals surface area contributed by atoms with Crippen LogP contribution in [0.2, 0.25) is 0 Å². The van der Waals surface area contributed by atoms with Crippen LogP contribution in [0, 0.1) is 0 Å². The Balaban J connectivity index is 1.67. The first kappa shape index (κ1) is 13.3.